The molecule has 0 bridgehead atoms. The van der Waals surface area contributed by atoms with Crippen LogP contribution in [0.3, 0.4) is 0 Å². The molecule has 1 aromatic carbocycles. The Kier molecular flexibility index (Phi) is 2.63. The first-order valence-electron chi connectivity index (χ1n) is 6.38. The molecule has 2 heteroatoms. The van der Waals surface area contributed by atoms with E-state index in [2.05, 4.69) is 79.1 Å². The standard InChI is InChI=1S/C16H18IN/c1-10-9-18-13-8-6-5-7-12(13)11(2)15(18)16(3,4)14(10)17/h5-8H,9H2,1-4H3. The fourth-order valence-corrected chi connectivity index (χ4v) is 3.82. The summed E-state index contributed by atoms with van der Waals surface area (Å²) in [5, 5.41) is 1.40. The molecule has 0 atom stereocenters. The first-order chi connectivity index (χ1) is 8.44. The predicted octanol–water partition coefficient (Wildman–Crippen LogP) is 4.95. The van der Waals surface area contributed by atoms with Crippen LogP contribution in [0.4, 0.5) is 0 Å². The third kappa shape index (κ3) is 1.44. The molecule has 0 N–H and O–H groups in total. The number of rotatable bonds is 0. The summed E-state index contributed by atoms with van der Waals surface area (Å²) in [5.41, 5.74) is 5.93. The molecule has 0 saturated heterocycles. The van der Waals surface area contributed by atoms with Gasteiger partial charge in [-0.05, 0) is 67.5 Å². The molecule has 0 saturated carbocycles. The topological polar surface area (TPSA) is 4.93 Å². The molecule has 0 unspecified atom stereocenters. The van der Waals surface area contributed by atoms with E-state index in [-0.39, 0.29) is 5.41 Å². The van der Waals surface area contributed by atoms with Crippen molar-refractivity contribution < 1.29 is 0 Å². The second-order valence-electron chi connectivity index (χ2n) is 5.80. The van der Waals surface area contributed by atoms with Crippen LogP contribution in [0.25, 0.3) is 10.9 Å². The number of allylic oxidation sites excluding steroid dienone is 2. The number of fused-ring (bicyclic) bond motifs is 3. The maximum absolute atomic E-state index is 2.53. The number of benzene rings is 1. The Morgan fingerprint density at radius 1 is 1.17 bits per heavy atom. The Labute approximate surface area is 122 Å². The summed E-state index contributed by atoms with van der Waals surface area (Å²) in [5.74, 6) is 0. The van der Waals surface area contributed by atoms with Crippen LogP contribution < -0.4 is 0 Å². The smallest absolute Gasteiger partial charge is 0.0488 e. The van der Waals surface area contributed by atoms with Crippen molar-refractivity contribution in [1.29, 1.82) is 0 Å². The first-order valence-corrected chi connectivity index (χ1v) is 7.46. The molecule has 1 aliphatic heterocycles. The average molecular weight is 351 g/mol. The highest BCUT2D eigenvalue weighted by molar-refractivity contribution is 14.1. The van der Waals surface area contributed by atoms with Gasteiger partial charge in [0.15, 0.2) is 0 Å². The van der Waals surface area contributed by atoms with Crippen molar-refractivity contribution >= 4 is 33.5 Å². The predicted molar refractivity (Wildman–Crippen MR) is 86.4 cm³/mol. The van der Waals surface area contributed by atoms with Crippen molar-refractivity contribution in [3.05, 3.63) is 44.7 Å². The van der Waals surface area contributed by atoms with E-state index in [9.17, 15) is 0 Å². The monoisotopic (exact) mass is 351 g/mol. The maximum atomic E-state index is 2.53. The molecule has 1 aromatic heterocycles. The van der Waals surface area contributed by atoms with Crippen molar-refractivity contribution in [2.75, 3.05) is 0 Å². The minimum atomic E-state index is 0.131. The van der Waals surface area contributed by atoms with Crippen molar-refractivity contribution in [2.24, 2.45) is 0 Å². The van der Waals surface area contributed by atoms with Gasteiger partial charge < -0.3 is 4.57 Å². The minimum absolute atomic E-state index is 0.131. The summed E-state index contributed by atoms with van der Waals surface area (Å²) in [6.45, 7) is 10.2. The molecule has 2 heterocycles. The van der Waals surface area contributed by atoms with Gasteiger partial charge in [-0.1, -0.05) is 18.2 Å². The number of aryl methyl sites for hydroxylation is 1. The van der Waals surface area contributed by atoms with E-state index in [4.69, 9.17) is 0 Å². The van der Waals surface area contributed by atoms with Gasteiger partial charge in [-0.2, -0.15) is 0 Å². The zero-order valence-corrected chi connectivity index (χ0v) is 13.5. The fraction of sp³-hybridized carbons (Fsp3) is 0.375. The van der Waals surface area contributed by atoms with Crippen molar-refractivity contribution in [2.45, 2.75) is 39.7 Å². The van der Waals surface area contributed by atoms with E-state index in [1.165, 1.54) is 31.3 Å². The first kappa shape index (κ1) is 12.3. The average Bonchev–Trinajstić information content (AvgIpc) is 2.62. The molecule has 0 spiro atoms. The van der Waals surface area contributed by atoms with Crippen LogP contribution in [-0.4, -0.2) is 4.57 Å². The highest BCUT2D eigenvalue weighted by Crippen LogP contribution is 2.45. The van der Waals surface area contributed by atoms with Crippen LogP contribution in [0, 0.1) is 6.92 Å². The van der Waals surface area contributed by atoms with Gasteiger partial charge in [0, 0.05) is 32.1 Å². The Bertz CT molecular complexity index is 674. The molecule has 0 amide bonds. The van der Waals surface area contributed by atoms with Crippen LogP contribution in [0.15, 0.2) is 33.4 Å². The summed E-state index contributed by atoms with van der Waals surface area (Å²) in [6, 6.07) is 8.77. The third-order valence-corrected chi connectivity index (χ3v) is 6.40. The molecule has 0 radical (unpaired) electrons. The van der Waals surface area contributed by atoms with Crippen LogP contribution in [0.2, 0.25) is 0 Å². The molecule has 0 fully saturated rings. The molecular formula is C16H18IN. The van der Waals surface area contributed by atoms with Gasteiger partial charge in [0.25, 0.3) is 0 Å². The highest BCUT2D eigenvalue weighted by Gasteiger charge is 2.35. The van der Waals surface area contributed by atoms with Crippen molar-refractivity contribution in [3.8, 4) is 0 Å². The lowest BCUT2D eigenvalue weighted by atomic mass is 9.83. The number of para-hydroxylation sites is 1. The zero-order valence-electron chi connectivity index (χ0n) is 11.3. The lowest BCUT2D eigenvalue weighted by Gasteiger charge is -2.34. The van der Waals surface area contributed by atoms with Crippen LogP contribution in [-0.2, 0) is 12.0 Å². The summed E-state index contributed by atoms with van der Waals surface area (Å²) in [4.78, 5) is 0. The van der Waals surface area contributed by atoms with Crippen LogP contribution in [0.1, 0.15) is 32.0 Å². The molecule has 3 rings (SSSR count). The largest absolute Gasteiger partial charge is 0.339 e. The Balaban J connectivity index is 2.43. The Morgan fingerprint density at radius 3 is 2.56 bits per heavy atom. The molecular weight excluding hydrogens is 333 g/mol. The normalized spacial score (nSPS) is 18.3. The van der Waals surface area contributed by atoms with Gasteiger partial charge in [-0.3, -0.25) is 0 Å². The molecule has 1 nitrogen and oxygen atoms in total. The van der Waals surface area contributed by atoms with Gasteiger partial charge in [0.2, 0.25) is 0 Å². The van der Waals surface area contributed by atoms with Crippen LogP contribution >= 0.6 is 22.6 Å². The van der Waals surface area contributed by atoms with Gasteiger partial charge >= 0.3 is 0 Å². The van der Waals surface area contributed by atoms with E-state index in [1.54, 1.807) is 0 Å². The number of hydrogen-bond donors (Lipinski definition) is 0. The van der Waals surface area contributed by atoms with E-state index in [0.717, 1.165) is 6.54 Å². The van der Waals surface area contributed by atoms with Gasteiger partial charge in [0.05, 0.1) is 0 Å². The molecule has 2 aromatic rings. The number of hydrogen-bond acceptors (Lipinski definition) is 0. The van der Waals surface area contributed by atoms with Gasteiger partial charge in [-0.15, -0.1) is 0 Å². The summed E-state index contributed by atoms with van der Waals surface area (Å²) >= 11 is 2.53. The lowest BCUT2D eigenvalue weighted by Crippen LogP contribution is -2.28. The maximum Gasteiger partial charge on any atom is 0.0488 e. The molecule has 94 valence electrons. The summed E-state index contributed by atoms with van der Waals surface area (Å²) in [7, 11) is 0. The van der Waals surface area contributed by atoms with Crippen LogP contribution in [0.5, 0.6) is 0 Å². The number of aromatic nitrogens is 1. The molecule has 18 heavy (non-hydrogen) atoms. The number of nitrogens with zero attached hydrogens (tertiary/aromatic N) is 1. The van der Waals surface area contributed by atoms with E-state index < -0.39 is 0 Å². The van der Waals surface area contributed by atoms with Crippen molar-refractivity contribution in [3.63, 3.8) is 0 Å². The summed E-state index contributed by atoms with van der Waals surface area (Å²) < 4.78 is 4.00. The molecule has 1 aliphatic rings. The third-order valence-electron chi connectivity index (χ3n) is 4.13. The van der Waals surface area contributed by atoms with Crippen molar-refractivity contribution in [1.82, 2.24) is 4.57 Å². The van der Waals surface area contributed by atoms with E-state index >= 15 is 0 Å². The van der Waals surface area contributed by atoms with E-state index in [0.29, 0.717) is 0 Å². The summed E-state index contributed by atoms with van der Waals surface area (Å²) in [6.07, 6.45) is 0. The molecule has 0 aliphatic carbocycles. The second kappa shape index (κ2) is 3.86. The Hall–Kier alpha value is -0.770. The minimum Gasteiger partial charge on any atom is -0.339 e. The second-order valence-corrected chi connectivity index (χ2v) is 6.87. The zero-order chi connectivity index (χ0) is 13.1. The Morgan fingerprint density at radius 2 is 1.83 bits per heavy atom. The fourth-order valence-electron chi connectivity index (χ4n) is 3.39. The van der Waals surface area contributed by atoms with E-state index in [1.807, 2.05) is 0 Å². The lowest BCUT2D eigenvalue weighted by molar-refractivity contribution is 0.549. The number of halogens is 1. The van der Waals surface area contributed by atoms with Gasteiger partial charge in [-0.25, -0.2) is 0 Å². The quantitative estimate of drug-likeness (QED) is 0.592. The van der Waals surface area contributed by atoms with Gasteiger partial charge in [0.1, 0.15) is 0 Å². The SMILES string of the molecule is CC1=C(I)C(C)(C)c2c(C)c3ccccc3n2C1. The highest BCUT2D eigenvalue weighted by atomic mass is 127.